The maximum Gasteiger partial charge on any atom is 0.417 e. The minimum atomic E-state index is -4.48. The number of hydrogen-bond donors (Lipinski definition) is 3. The molecule has 0 aliphatic carbocycles. The number of aromatic nitrogens is 3. The molecule has 0 aliphatic rings. The summed E-state index contributed by atoms with van der Waals surface area (Å²) in [6.45, 7) is 0. The average Bonchev–Trinajstić information content (AvgIpc) is 3.02. The van der Waals surface area contributed by atoms with Crippen LogP contribution in [-0.4, -0.2) is 15.0 Å². The molecule has 0 bridgehead atoms. The van der Waals surface area contributed by atoms with Gasteiger partial charge in [-0.15, -0.1) is 0 Å². The molecule has 0 unspecified atom stereocenters. The van der Waals surface area contributed by atoms with Crippen LogP contribution in [0.5, 0.6) is 0 Å². The van der Waals surface area contributed by atoms with Gasteiger partial charge in [0.25, 0.3) is 0 Å². The Balaban J connectivity index is 2.15. The van der Waals surface area contributed by atoms with E-state index in [9.17, 15) is 13.2 Å². The van der Waals surface area contributed by atoms with Crippen molar-refractivity contribution in [3.8, 4) is 11.1 Å². The van der Waals surface area contributed by atoms with Gasteiger partial charge in [0.05, 0.1) is 16.6 Å². The predicted octanol–water partition coefficient (Wildman–Crippen LogP) is 3.96. The second kappa shape index (κ2) is 5.10. The van der Waals surface area contributed by atoms with Crippen LogP contribution in [0, 0.1) is 0 Å². The highest BCUT2D eigenvalue weighted by molar-refractivity contribution is 6.15. The molecule has 0 atom stereocenters. The van der Waals surface area contributed by atoms with Crippen LogP contribution in [0.1, 0.15) is 5.56 Å². The van der Waals surface area contributed by atoms with Crippen LogP contribution in [0.3, 0.4) is 0 Å². The summed E-state index contributed by atoms with van der Waals surface area (Å²) < 4.78 is 40.3. The van der Waals surface area contributed by atoms with Crippen LogP contribution in [0.15, 0.2) is 42.6 Å². The lowest BCUT2D eigenvalue weighted by Gasteiger charge is -2.15. The van der Waals surface area contributed by atoms with Gasteiger partial charge in [0.2, 0.25) is 0 Å². The number of halogens is 3. The van der Waals surface area contributed by atoms with Crippen LogP contribution in [-0.2, 0) is 6.18 Å². The molecule has 8 heteroatoms. The van der Waals surface area contributed by atoms with Crippen molar-refractivity contribution in [1.29, 1.82) is 0 Å². The number of nitrogens with one attached hydrogen (secondary N) is 1. The number of nitrogen functional groups attached to an aromatic ring is 2. The Labute approximate surface area is 139 Å². The summed E-state index contributed by atoms with van der Waals surface area (Å²) in [4.78, 5) is 11.1. The second-order valence-corrected chi connectivity index (χ2v) is 5.60. The number of alkyl halides is 3. The van der Waals surface area contributed by atoms with Crippen LogP contribution in [0.25, 0.3) is 32.9 Å². The third-order valence-electron chi connectivity index (χ3n) is 4.06. The fraction of sp³-hybridized carbons (Fsp3) is 0.0588. The average molecular weight is 343 g/mol. The topological polar surface area (TPSA) is 93.6 Å². The summed E-state index contributed by atoms with van der Waals surface area (Å²) in [6.07, 6.45) is -2.95. The Bertz CT molecular complexity index is 1110. The molecule has 2 aromatic carbocycles. The highest BCUT2D eigenvalue weighted by Gasteiger charge is 2.34. The van der Waals surface area contributed by atoms with Gasteiger partial charge in [-0.3, -0.25) is 4.98 Å². The van der Waals surface area contributed by atoms with Gasteiger partial charge in [0, 0.05) is 22.5 Å². The molecule has 0 saturated heterocycles. The largest absolute Gasteiger partial charge is 0.417 e. The molecule has 0 fully saturated rings. The van der Waals surface area contributed by atoms with Crippen molar-refractivity contribution in [2.45, 2.75) is 6.18 Å². The summed E-state index contributed by atoms with van der Waals surface area (Å²) in [6, 6.07) is 8.65. The number of nitrogens with two attached hydrogens (primary N) is 2. The maximum atomic E-state index is 13.4. The zero-order valence-electron chi connectivity index (χ0n) is 12.7. The minimum Gasteiger partial charge on any atom is -0.383 e. The number of anilines is 2. The van der Waals surface area contributed by atoms with Gasteiger partial charge < -0.3 is 16.5 Å². The molecule has 126 valence electrons. The third kappa shape index (κ3) is 2.34. The van der Waals surface area contributed by atoms with E-state index in [0.717, 1.165) is 6.07 Å². The van der Waals surface area contributed by atoms with Crippen molar-refractivity contribution in [3.63, 3.8) is 0 Å². The van der Waals surface area contributed by atoms with Gasteiger partial charge >= 0.3 is 6.18 Å². The summed E-state index contributed by atoms with van der Waals surface area (Å²) in [5.41, 5.74) is 12.2. The maximum absolute atomic E-state index is 13.4. The van der Waals surface area contributed by atoms with Crippen LogP contribution < -0.4 is 11.5 Å². The molecule has 0 radical (unpaired) electrons. The number of aromatic amines is 1. The summed E-state index contributed by atoms with van der Waals surface area (Å²) in [5, 5.41) is 1.20. The summed E-state index contributed by atoms with van der Waals surface area (Å²) in [7, 11) is 0. The van der Waals surface area contributed by atoms with E-state index in [0.29, 0.717) is 27.4 Å². The highest BCUT2D eigenvalue weighted by atomic mass is 19.4. The van der Waals surface area contributed by atoms with Crippen LogP contribution >= 0.6 is 0 Å². The number of benzene rings is 2. The predicted molar refractivity (Wildman–Crippen MR) is 90.7 cm³/mol. The van der Waals surface area contributed by atoms with Gasteiger partial charge in [0.1, 0.15) is 5.82 Å². The first-order valence-corrected chi connectivity index (χ1v) is 7.35. The van der Waals surface area contributed by atoms with E-state index in [2.05, 4.69) is 15.0 Å². The molecule has 2 aromatic heterocycles. The van der Waals surface area contributed by atoms with E-state index in [1.54, 1.807) is 18.2 Å². The van der Waals surface area contributed by atoms with Gasteiger partial charge in [-0.2, -0.15) is 18.2 Å². The zero-order chi connectivity index (χ0) is 17.8. The van der Waals surface area contributed by atoms with E-state index in [1.807, 2.05) is 0 Å². The van der Waals surface area contributed by atoms with Gasteiger partial charge in [-0.25, -0.2) is 0 Å². The SMILES string of the molecule is Nc1nc(N)c2c(cc(-c3ccccc3C(F)(F)F)c3nccc32)[nH]1. The molecule has 4 rings (SSSR count). The quantitative estimate of drug-likeness (QED) is 0.488. The second-order valence-electron chi connectivity index (χ2n) is 5.60. The lowest BCUT2D eigenvalue weighted by molar-refractivity contribution is -0.137. The van der Waals surface area contributed by atoms with Crippen LogP contribution in [0.2, 0.25) is 0 Å². The molecular weight excluding hydrogens is 331 g/mol. The van der Waals surface area contributed by atoms with E-state index < -0.39 is 11.7 Å². The number of nitrogens with zero attached hydrogens (tertiary/aromatic N) is 2. The first kappa shape index (κ1) is 15.3. The Morgan fingerprint density at radius 3 is 2.52 bits per heavy atom. The Hall–Kier alpha value is -3.29. The first-order chi connectivity index (χ1) is 11.9. The van der Waals surface area contributed by atoms with Crippen molar-refractivity contribution < 1.29 is 13.2 Å². The summed E-state index contributed by atoms with van der Waals surface area (Å²) >= 11 is 0. The van der Waals surface area contributed by atoms with Gasteiger partial charge in [0.15, 0.2) is 5.95 Å². The molecule has 0 saturated carbocycles. The van der Waals surface area contributed by atoms with E-state index in [4.69, 9.17) is 11.5 Å². The highest BCUT2D eigenvalue weighted by Crippen LogP contribution is 2.41. The fourth-order valence-corrected chi connectivity index (χ4v) is 3.08. The lowest BCUT2D eigenvalue weighted by Crippen LogP contribution is -2.07. The monoisotopic (exact) mass is 343 g/mol. The minimum absolute atomic E-state index is 0.0444. The standard InChI is InChI=1S/C17H12F3N5/c18-17(19,20)11-4-2-1-3-8(11)10-7-12-13(9-5-6-23-14(9)10)15(21)25-16(22)24-12/h1-7H,21H2,(H3,22,24,25). The van der Waals surface area contributed by atoms with Crippen LogP contribution in [0.4, 0.5) is 24.9 Å². The molecule has 5 N–H and O–H groups in total. The molecule has 25 heavy (non-hydrogen) atoms. The van der Waals surface area contributed by atoms with Gasteiger partial charge in [-0.05, 0) is 23.8 Å². The van der Waals surface area contributed by atoms with Crippen molar-refractivity contribution in [3.05, 3.63) is 48.2 Å². The Morgan fingerprint density at radius 2 is 1.76 bits per heavy atom. The van der Waals surface area contributed by atoms with Gasteiger partial charge in [-0.1, -0.05) is 18.2 Å². The molecular formula is C17H12F3N5. The molecule has 5 nitrogen and oxygen atoms in total. The Morgan fingerprint density at radius 1 is 1.00 bits per heavy atom. The molecule has 0 amide bonds. The molecule has 2 heterocycles. The third-order valence-corrected chi connectivity index (χ3v) is 4.06. The summed E-state index contributed by atoms with van der Waals surface area (Å²) in [5.74, 6) is 0.277. The lowest BCUT2D eigenvalue weighted by atomic mass is 9.95. The van der Waals surface area contributed by atoms with E-state index >= 15 is 0 Å². The van der Waals surface area contributed by atoms with Crippen molar-refractivity contribution >= 4 is 33.6 Å². The first-order valence-electron chi connectivity index (χ1n) is 7.35. The van der Waals surface area contributed by atoms with E-state index in [-0.39, 0.29) is 17.3 Å². The van der Waals surface area contributed by atoms with E-state index in [1.165, 1.54) is 18.3 Å². The number of H-pyrrole nitrogens is 1. The number of fused-ring (bicyclic) bond motifs is 3. The van der Waals surface area contributed by atoms with Crippen molar-refractivity contribution in [2.75, 3.05) is 11.5 Å². The molecule has 0 aliphatic heterocycles. The zero-order valence-corrected chi connectivity index (χ0v) is 12.7. The number of rotatable bonds is 1. The smallest absolute Gasteiger partial charge is 0.383 e. The molecule has 0 spiro atoms. The number of hydrogen-bond acceptors (Lipinski definition) is 4. The molecule has 4 aromatic rings. The van der Waals surface area contributed by atoms with Crippen molar-refractivity contribution in [1.82, 2.24) is 15.0 Å². The van der Waals surface area contributed by atoms with Crippen molar-refractivity contribution in [2.24, 2.45) is 0 Å². The normalized spacial score (nSPS) is 12.1. The fourth-order valence-electron chi connectivity index (χ4n) is 3.08. The Kier molecular flexibility index (Phi) is 3.11.